The van der Waals surface area contributed by atoms with Crippen molar-refractivity contribution in [3.8, 4) is 11.3 Å². The summed E-state index contributed by atoms with van der Waals surface area (Å²) >= 11 is 0. The van der Waals surface area contributed by atoms with Crippen LogP contribution < -0.4 is 10.6 Å². The Labute approximate surface area is 195 Å². The molecule has 170 valence electrons. The van der Waals surface area contributed by atoms with Crippen LogP contribution in [0, 0.1) is 0 Å². The van der Waals surface area contributed by atoms with Crippen LogP contribution in [0.25, 0.3) is 11.3 Å². The van der Waals surface area contributed by atoms with Gasteiger partial charge in [-0.15, -0.1) is 0 Å². The maximum Gasteiger partial charge on any atom is 0.303 e. The van der Waals surface area contributed by atoms with Gasteiger partial charge in [0.1, 0.15) is 12.0 Å². The summed E-state index contributed by atoms with van der Waals surface area (Å²) < 4.78 is 4.98. The number of nitrogens with one attached hydrogen (secondary N) is 2. The molecule has 0 atom stereocenters. The van der Waals surface area contributed by atoms with Crippen molar-refractivity contribution in [2.75, 3.05) is 10.6 Å². The molecular weight excluding hydrogens is 434 g/mol. The second kappa shape index (κ2) is 10.3. The molecule has 0 radical (unpaired) electrons. The molecule has 0 unspecified atom stereocenters. The van der Waals surface area contributed by atoms with Gasteiger partial charge in [0.05, 0.1) is 11.3 Å². The topological polar surface area (TPSA) is 122 Å². The number of para-hydroxylation sites is 1. The summed E-state index contributed by atoms with van der Waals surface area (Å²) in [4.78, 5) is 40.6. The Hall–Kier alpha value is -4.72. The van der Waals surface area contributed by atoms with Gasteiger partial charge in [0, 0.05) is 23.2 Å². The van der Waals surface area contributed by atoms with Gasteiger partial charge >= 0.3 is 5.97 Å². The maximum atomic E-state index is 12.9. The molecule has 0 bridgehead atoms. The van der Waals surface area contributed by atoms with Crippen molar-refractivity contribution in [3.05, 3.63) is 102 Å². The van der Waals surface area contributed by atoms with Gasteiger partial charge in [-0.25, -0.2) is 4.98 Å². The van der Waals surface area contributed by atoms with Crippen molar-refractivity contribution in [2.45, 2.75) is 12.8 Å². The van der Waals surface area contributed by atoms with E-state index in [1.54, 1.807) is 72.8 Å². The molecular formula is C26H21N3O5. The Balaban J connectivity index is 1.46. The van der Waals surface area contributed by atoms with E-state index in [0.29, 0.717) is 34.6 Å². The fraction of sp³-hybridized carbons (Fsp3) is 0.0769. The molecule has 2 amide bonds. The minimum absolute atomic E-state index is 0.00579. The van der Waals surface area contributed by atoms with Crippen LogP contribution in [0.2, 0.25) is 0 Å². The SMILES string of the molecule is O=C(O)CCc1cccc(NC(=O)c2ccccc2NC(=O)c2ccc(-c3cocn3)cc2)c1. The molecule has 0 spiro atoms. The predicted octanol–water partition coefficient (Wildman–Crippen LogP) is 4.86. The Morgan fingerprint density at radius 2 is 1.68 bits per heavy atom. The molecule has 0 saturated heterocycles. The quantitative estimate of drug-likeness (QED) is 0.349. The van der Waals surface area contributed by atoms with Crippen LogP contribution in [0.3, 0.4) is 0 Å². The third kappa shape index (κ3) is 5.55. The summed E-state index contributed by atoms with van der Waals surface area (Å²) in [6.45, 7) is 0. The fourth-order valence-electron chi connectivity index (χ4n) is 3.39. The third-order valence-corrected chi connectivity index (χ3v) is 5.11. The Morgan fingerprint density at radius 1 is 0.882 bits per heavy atom. The van der Waals surface area contributed by atoms with Crippen molar-refractivity contribution < 1.29 is 23.9 Å². The number of amides is 2. The number of carboxylic acid groups (broad SMARTS) is 1. The van der Waals surface area contributed by atoms with Gasteiger partial charge in [0.25, 0.3) is 11.8 Å². The number of oxazole rings is 1. The van der Waals surface area contributed by atoms with E-state index < -0.39 is 11.9 Å². The van der Waals surface area contributed by atoms with E-state index in [1.807, 2.05) is 0 Å². The standard InChI is InChI=1S/C26H21N3O5/c30-24(31)13-8-17-4-3-5-20(14-17)28-26(33)21-6-1-2-7-22(21)29-25(32)19-11-9-18(10-12-19)23-15-34-16-27-23/h1-7,9-12,14-16H,8,13H2,(H,28,33)(H,29,32)(H,30,31). The molecule has 0 aliphatic carbocycles. The summed E-state index contributed by atoms with van der Waals surface area (Å²) in [6.07, 6.45) is 3.23. The van der Waals surface area contributed by atoms with Gasteiger partial charge in [-0.3, -0.25) is 14.4 Å². The zero-order chi connectivity index (χ0) is 23.9. The zero-order valence-corrected chi connectivity index (χ0v) is 18.0. The van der Waals surface area contributed by atoms with Crippen molar-refractivity contribution in [2.24, 2.45) is 0 Å². The molecule has 8 heteroatoms. The van der Waals surface area contributed by atoms with Crippen molar-refractivity contribution in [1.82, 2.24) is 4.98 Å². The van der Waals surface area contributed by atoms with Crippen LogP contribution in [-0.4, -0.2) is 27.9 Å². The lowest BCUT2D eigenvalue weighted by molar-refractivity contribution is -0.136. The molecule has 1 heterocycles. The highest BCUT2D eigenvalue weighted by molar-refractivity contribution is 6.12. The highest BCUT2D eigenvalue weighted by atomic mass is 16.4. The predicted molar refractivity (Wildman–Crippen MR) is 127 cm³/mol. The van der Waals surface area contributed by atoms with E-state index in [9.17, 15) is 14.4 Å². The highest BCUT2D eigenvalue weighted by Crippen LogP contribution is 2.21. The fourth-order valence-corrected chi connectivity index (χ4v) is 3.39. The van der Waals surface area contributed by atoms with Crippen LogP contribution in [0.15, 0.2) is 89.9 Å². The molecule has 8 nitrogen and oxygen atoms in total. The van der Waals surface area contributed by atoms with Gasteiger partial charge < -0.3 is 20.2 Å². The lowest BCUT2D eigenvalue weighted by atomic mass is 10.1. The molecule has 0 fully saturated rings. The molecule has 0 aliphatic rings. The van der Waals surface area contributed by atoms with Gasteiger partial charge in [0.2, 0.25) is 0 Å². The van der Waals surface area contributed by atoms with E-state index in [0.717, 1.165) is 11.1 Å². The summed E-state index contributed by atoms with van der Waals surface area (Å²) in [6, 6.07) is 20.6. The lowest BCUT2D eigenvalue weighted by Crippen LogP contribution is -2.18. The zero-order valence-electron chi connectivity index (χ0n) is 18.0. The average molecular weight is 455 g/mol. The van der Waals surface area contributed by atoms with Crippen LogP contribution in [-0.2, 0) is 11.2 Å². The number of carbonyl (C=O) groups excluding carboxylic acids is 2. The number of anilines is 2. The second-order valence-electron chi connectivity index (χ2n) is 7.50. The maximum absolute atomic E-state index is 12.9. The third-order valence-electron chi connectivity index (χ3n) is 5.11. The van der Waals surface area contributed by atoms with Crippen LogP contribution in [0.1, 0.15) is 32.7 Å². The Kier molecular flexibility index (Phi) is 6.78. The number of aromatic nitrogens is 1. The Bertz CT molecular complexity index is 1310. The largest absolute Gasteiger partial charge is 0.481 e. The van der Waals surface area contributed by atoms with Gasteiger partial charge in [-0.2, -0.15) is 0 Å². The second-order valence-corrected chi connectivity index (χ2v) is 7.50. The lowest BCUT2D eigenvalue weighted by Gasteiger charge is -2.12. The normalized spacial score (nSPS) is 10.5. The average Bonchev–Trinajstić information content (AvgIpc) is 3.38. The van der Waals surface area contributed by atoms with E-state index >= 15 is 0 Å². The minimum atomic E-state index is -0.883. The first-order valence-corrected chi connectivity index (χ1v) is 10.5. The number of aliphatic carboxylic acids is 1. The van der Waals surface area contributed by atoms with E-state index in [-0.39, 0.29) is 12.3 Å². The van der Waals surface area contributed by atoms with Gasteiger partial charge in [-0.1, -0.05) is 36.4 Å². The van der Waals surface area contributed by atoms with Gasteiger partial charge in [-0.05, 0) is 48.4 Å². The summed E-state index contributed by atoms with van der Waals surface area (Å²) in [5.74, 6) is -1.64. The number of carboxylic acids is 1. The summed E-state index contributed by atoms with van der Waals surface area (Å²) in [7, 11) is 0. The van der Waals surface area contributed by atoms with Gasteiger partial charge in [0.15, 0.2) is 6.39 Å². The minimum Gasteiger partial charge on any atom is -0.481 e. The van der Waals surface area contributed by atoms with E-state index in [1.165, 1.54) is 12.7 Å². The number of nitrogens with zero attached hydrogens (tertiary/aromatic N) is 1. The number of hydrogen-bond donors (Lipinski definition) is 3. The van der Waals surface area contributed by atoms with Crippen LogP contribution >= 0.6 is 0 Å². The first kappa shape index (κ1) is 22.5. The van der Waals surface area contributed by atoms with E-state index in [4.69, 9.17) is 9.52 Å². The smallest absolute Gasteiger partial charge is 0.303 e. The first-order valence-electron chi connectivity index (χ1n) is 10.5. The van der Waals surface area contributed by atoms with Crippen molar-refractivity contribution in [1.29, 1.82) is 0 Å². The summed E-state index contributed by atoms with van der Waals surface area (Å²) in [5.41, 5.74) is 3.91. The molecule has 1 aromatic heterocycles. The molecule has 0 saturated carbocycles. The van der Waals surface area contributed by atoms with Crippen molar-refractivity contribution >= 4 is 29.2 Å². The highest BCUT2D eigenvalue weighted by Gasteiger charge is 2.15. The molecule has 34 heavy (non-hydrogen) atoms. The molecule has 4 aromatic rings. The number of carbonyl (C=O) groups is 3. The summed E-state index contributed by atoms with van der Waals surface area (Å²) in [5, 5.41) is 14.5. The molecule has 3 N–H and O–H groups in total. The number of hydrogen-bond acceptors (Lipinski definition) is 5. The van der Waals surface area contributed by atoms with Crippen molar-refractivity contribution in [3.63, 3.8) is 0 Å². The molecule has 0 aliphatic heterocycles. The number of aryl methyl sites for hydroxylation is 1. The number of benzene rings is 3. The molecule has 3 aromatic carbocycles. The first-order chi connectivity index (χ1) is 16.5. The monoisotopic (exact) mass is 455 g/mol. The Morgan fingerprint density at radius 3 is 2.41 bits per heavy atom. The van der Waals surface area contributed by atoms with Crippen LogP contribution in [0.5, 0.6) is 0 Å². The van der Waals surface area contributed by atoms with Crippen LogP contribution in [0.4, 0.5) is 11.4 Å². The molecule has 4 rings (SSSR count). The number of rotatable bonds is 8. The van der Waals surface area contributed by atoms with E-state index in [2.05, 4.69) is 15.6 Å².